The van der Waals surface area contributed by atoms with Gasteiger partial charge in [0.1, 0.15) is 0 Å². The Labute approximate surface area is 89.9 Å². The number of hydrogen-bond donors (Lipinski definition) is 6. The number of hydrazine groups is 1. The highest BCUT2D eigenvalue weighted by Crippen LogP contribution is 2.34. The highest BCUT2D eigenvalue weighted by molar-refractivity contribution is 6.16. The molecular weight excluding hydrogens is 210 g/mol. The van der Waals surface area contributed by atoms with E-state index >= 15 is 0 Å². The van der Waals surface area contributed by atoms with Gasteiger partial charge in [0.15, 0.2) is 5.43 Å². The molecule has 0 radical (unpaired) electrons. The van der Waals surface area contributed by atoms with Gasteiger partial charge in [0.05, 0.1) is 27.8 Å². The molecule has 0 heterocycles. The second-order valence-electron chi connectivity index (χ2n) is 3.27. The first-order valence-electron chi connectivity index (χ1n) is 4.38. The van der Waals surface area contributed by atoms with Gasteiger partial charge >= 0.3 is 0 Å². The Bertz CT molecular complexity index is 593. The van der Waals surface area contributed by atoms with Crippen LogP contribution in [-0.4, -0.2) is 5.96 Å². The summed E-state index contributed by atoms with van der Waals surface area (Å²) in [5, 5.41) is 4.14. The molecule has 0 amide bonds. The number of guanidine groups is 1. The Morgan fingerprint density at radius 3 is 2.62 bits per heavy atom. The molecule has 0 spiro atoms. The molecule has 0 atom stereocenters. The number of hydrogen-bond acceptors (Lipinski definition) is 6. The predicted octanol–water partition coefficient (Wildman–Crippen LogP) is -1.66. The molecule has 2 aromatic carbocycles. The first kappa shape index (κ1) is 9.90. The van der Waals surface area contributed by atoms with E-state index in [4.69, 9.17) is 23.0 Å². The minimum absolute atomic E-state index is 0.0164. The molecule has 8 nitrogen and oxygen atoms in total. The second kappa shape index (κ2) is 3.19. The SMILES string of the molecule is N/N=C(\N)NNc1cc(N)c(N)c2c(=O)c12. The first-order valence-corrected chi connectivity index (χ1v) is 4.38. The highest BCUT2D eigenvalue weighted by atomic mass is 16.1. The van der Waals surface area contributed by atoms with Crippen molar-refractivity contribution in [1.29, 1.82) is 0 Å². The maximum atomic E-state index is 11.4. The van der Waals surface area contributed by atoms with Crippen molar-refractivity contribution in [2.75, 3.05) is 16.9 Å². The zero-order valence-electron chi connectivity index (χ0n) is 8.24. The molecule has 0 aliphatic rings. The van der Waals surface area contributed by atoms with Gasteiger partial charge in [-0.15, -0.1) is 5.10 Å². The predicted molar refractivity (Wildman–Crippen MR) is 64.0 cm³/mol. The third-order valence-corrected chi connectivity index (χ3v) is 2.26. The molecule has 0 bridgehead atoms. The van der Waals surface area contributed by atoms with E-state index in [1.807, 2.05) is 0 Å². The minimum Gasteiger partial charge on any atom is -0.397 e. The van der Waals surface area contributed by atoms with E-state index in [0.717, 1.165) is 0 Å². The summed E-state index contributed by atoms with van der Waals surface area (Å²) in [4.78, 5) is 11.4. The number of fused-ring (bicyclic) bond motifs is 1. The van der Waals surface area contributed by atoms with Gasteiger partial charge in [0.25, 0.3) is 0 Å². The normalized spacial score (nSPS) is 12.1. The minimum atomic E-state index is -0.123. The topological polar surface area (TPSA) is 158 Å². The van der Waals surface area contributed by atoms with Gasteiger partial charge in [-0.25, -0.2) is 0 Å². The zero-order chi connectivity index (χ0) is 11.9. The first-order chi connectivity index (χ1) is 7.56. The summed E-state index contributed by atoms with van der Waals surface area (Å²) in [6, 6.07) is 1.54. The Morgan fingerprint density at radius 1 is 1.31 bits per heavy atom. The molecular formula is C8H11N7O. The van der Waals surface area contributed by atoms with Crippen molar-refractivity contribution in [2.24, 2.45) is 16.7 Å². The van der Waals surface area contributed by atoms with E-state index in [1.54, 1.807) is 0 Å². The van der Waals surface area contributed by atoms with E-state index in [1.165, 1.54) is 6.07 Å². The number of nitrogen functional groups attached to an aromatic ring is 2. The van der Waals surface area contributed by atoms with Gasteiger partial charge in [0.2, 0.25) is 5.96 Å². The van der Waals surface area contributed by atoms with Gasteiger partial charge in [0, 0.05) is 0 Å². The molecule has 0 aliphatic heterocycles. The average molecular weight is 221 g/mol. The summed E-state index contributed by atoms with van der Waals surface area (Å²) >= 11 is 0. The maximum Gasteiger partial charge on any atom is 0.229 e. The van der Waals surface area contributed by atoms with Crippen molar-refractivity contribution in [3.05, 3.63) is 16.3 Å². The second-order valence-corrected chi connectivity index (χ2v) is 3.27. The summed E-state index contributed by atoms with van der Waals surface area (Å²) in [5.41, 5.74) is 22.7. The number of nitrogens with one attached hydrogen (secondary N) is 2. The van der Waals surface area contributed by atoms with Crippen LogP contribution < -0.4 is 39.3 Å². The molecule has 0 unspecified atom stereocenters. The molecule has 2 rings (SSSR count). The number of hydrazone groups is 1. The van der Waals surface area contributed by atoms with Crippen LogP contribution in [0.4, 0.5) is 17.1 Å². The standard InChI is InChI=1S/C8H11N7O/c9-2-1-3(14-15-8(11)13-12)4-5(6(2)10)7(4)16/h1,14H,9-10,12H2,(H3,11,13,15). The van der Waals surface area contributed by atoms with Crippen LogP contribution in [0.25, 0.3) is 10.8 Å². The summed E-state index contributed by atoms with van der Waals surface area (Å²) in [6.07, 6.45) is 0. The van der Waals surface area contributed by atoms with Crippen molar-refractivity contribution in [3.63, 3.8) is 0 Å². The average Bonchev–Trinajstić information content (AvgIpc) is 2.93. The monoisotopic (exact) mass is 221 g/mol. The Hall–Kier alpha value is -2.64. The quantitative estimate of drug-likeness (QED) is 0.116. The van der Waals surface area contributed by atoms with Crippen LogP contribution in [0, 0.1) is 0 Å². The largest absolute Gasteiger partial charge is 0.397 e. The van der Waals surface area contributed by atoms with Gasteiger partial charge in [-0.1, -0.05) is 0 Å². The molecule has 16 heavy (non-hydrogen) atoms. The number of nitrogens with zero attached hydrogens (tertiary/aromatic N) is 1. The van der Waals surface area contributed by atoms with E-state index in [0.29, 0.717) is 27.8 Å². The van der Waals surface area contributed by atoms with E-state index in [-0.39, 0.29) is 11.4 Å². The Balaban J connectivity index is 2.32. The maximum absolute atomic E-state index is 11.4. The van der Waals surface area contributed by atoms with Crippen LogP contribution in [0.2, 0.25) is 0 Å². The van der Waals surface area contributed by atoms with Crippen molar-refractivity contribution in [3.8, 4) is 0 Å². The molecule has 84 valence electrons. The Kier molecular flexibility index (Phi) is 1.97. The van der Waals surface area contributed by atoms with Crippen molar-refractivity contribution in [2.45, 2.75) is 0 Å². The van der Waals surface area contributed by atoms with Gasteiger partial charge in [-0.2, -0.15) is 0 Å². The lowest BCUT2D eigenvalue weighted by Crippen LogP contribution is -2.36. The number of benzene rings is 1. The van der Waals surface area contributed by atoms with Crippen LogP contribution in [0.15, 0.2) is 16.0 Å². The molecule has 0 aliphatic carbocycles. The van der Waals surface area contributed by atoms with Crippen molar-refractivity contribution >= 4 is 33.8 Å². The smallest absolute Gasteiger partial charge is 0.229 e. The van der Waals surface area contributed by atoms with Crippen LogP contribution in [0.3, 0.4) is 0 Å². The summed E-state index contributed by atoms with van der Waals surface area (Å²) in [7, 11) is 0. The van der Waals surface area contributed by atoms with Gasteiger partial charge in [-0.05, 0) is 6.07 Å². The van der Waals surface area contributed by atoms with Crippen LogP contribution >= 0.6 is 0 Å². The van der Waals surface area contributed by atoms with Gasteiger partial charge in [-0.3, -0.25) is 15.6 Å². The fraction of sp³-hybridized carbons (Fsp3) is 0. The number of anilines is 3. The lowest BCUT2D eigenvalue weighted by atomic mass is 10.2. The number of nitrogens with two attached hydrogens (primary N) is 4. The van der Waals surface area contributed by atoms with E-state index < -0.39 is 0 Å². The summed E-state index contributed by atoms with van der Waals surface area (Å²) < 4.78 is 0. The third kappa shape index (κ3) is 1.32. The van der Waals surface area contributed by atoms with E-state index in [2.05, 4.69) is 16.0 Å². The molecule has 0 saturated heterocycles. The third-order valence-electron chi connectivity index (χ3n) is 2.26. The summed E-state index contributed by atoms with van der Waals surface area (Å²) in [6.45, 7) is 0. The van der Waals surface area contributed by atoms with Gasteiger partial charge < -0.3 is 23.0 Å². The fourth-order valence-corrected chi connectivity index (χ4v) is 1.40. The Morgan fingerprint density at radius 2 is 2.00 bits per heavy atom. The van der Waals surface area contributed by atoms with E-state index in [9.17, 15) is 4.79 Å². The fourth-order valence-electron chi connectivity index (χ4n) is 1.40. The highest BCUT2D eigenvalue weighted by Gasteiger charge is 2.22. The molecule has 0 aromatic heterocycles. The molecule has 0 fully saturated rings. The van der Waals surface area contributed by atoms with Crippen molar-refractivity contribution in [1.82, 2.24) is 5.43 Å². The van der Waals surface area contributed by atoms with Crippen LogP contribution in [0.1, 0.15) is 0 Å². The van der Waals surface area contributed by atoms with Crippen LogP contribution in [-0.2, 0) is 0 Å². The van der Waals surface area contributed by atoms with Crippen LogP contribution in [0.5, 0.6) is 0 Å². The molecule has 8 heteroatoms. The lowest BCUT2D eigenvalue weighted by molar-refractivity contribution is 1.06. The molecule has 0 saturated carbocycles. The summed E-state index contributed by atoms with van der Waals surface area (Å²) in [5.74, 6) is 4.90. The number of rotatable bonds is 2. The zero-order valence-corrected chi connectivity index (χ0v) is 8.24. The lowest BCUT2D eigenvalue weighted by Gasteiger charge is -2.08. The molecule has 2 aromatic rings. The van der Waals surface area contributed by atoms with Crippen molar-refractivity contribution < 1.29 is 0 Å². The molecule has 10 N–H and O–H groups in total.